The van der Waals surface area contributed by atoms with E-state index in [1.165, 1.54) is 5.56 Å². The predicted octanol–water partition coefficient (Wildman–Crippen LogP) is 0.426. The van der Waals surface area contributed by atoms with E-state index in [1.54, 1.807) is 0 Å². The zero-order valence-corrected chi connectivity index (χ0v) is 27.2. The number of aromatic nitrogens is 2. The first-order valence-electron chi connectivity index (χ1n) is 15.1. The van der Waals surface area contributed by atoms with Gasteiger partial charge in [0.15, 0.2) is 34.1 Å². The lowest BCUT2D eigenvalue weighted by molar-refractivity contribution is -0.460. The lowest BCUT2D eigenvalue weighted by Gasteiger charge is -2.28. The summed E-state index contributed by atoms with van der Waals surface area (Å²) in [6.45, 7) is 12.1. The number of hydrogen-bond acceptors (Lipinski definition) is 11. The molecule has 15 heteroatoms. The van der Waals surface area contributed by atoms with Gasteiger partial charge in [-0.1, -0.05) is 23.7 Å². The summed E-state index contributed by atoms with van der Waals surface area (Å²) in [7, 11) is 0. The molecule has 0 bridgehead atoms. The van der Waals surface area contributed by atoms with Gasteiger partial charge in [-0.3, -0.25) is 15.6 Å². The van der Waals surface area contributed by atoms with Crippen LogP contribution in [0.4, 0.5) is 11.6 Å². The van der Waals surface area contributed by atoms with E-state index < -0.39 is 17.5 Å². The van der Waals surface area contributed by atoms with Crippen molar-refractivity contribution in [1.82, 2.24) is 20.2 Å². The molecule has 4 rings (SSSR count). The van der Waals surface area contributed by atoms with Crippen molar-refractivity contribution >= 4 is 35.1 Å². The monoisotopic (exact) mass is 649 g/mol. The van der Waals surface area contributed by atoms with E-state index in [0.29, 0.717) is 32.9 Å². The summed E-state index contributed by atoms with van der Waals surface area (Å²) in [5.41, 5.74) is 18.2. The van der Waals surface area contributed by atoms with E-state index in [9.17, 15) is 4.79 Å². The summed E-state index contributed by atoms with van der Waals surface area (Å²) in [6.07, 6.45) is 2.61. The Morgan fingerprint density at radius 1 is 1.02 bits per heavy atom. The molecule has 2 aliphatic heterocycles. The number of nitrogens with one attached hydrogen (secondary N) is 2. The molecule has 0 spiro atoms. The molecule has 1 aromatic heterocycles. The molecular weight excluding hydrogens is 604 g/mol. The summed E-state index contributed by atoms with van der Waals surface area (Å²) in [4.78, 5) is 25.3. The average Bonchev–Trinajstić information content (AvgIpc) is 3.49. The number of unbranched alkanes of at least 4 members (excludes halogenated alkanes) is 1. The Labute approximate surface area is 268 Å². The smallest absolute Gasteiger partial charge is 0.348 e. The van der Waals surface area contributed by atoms with E-state index in [1.807, 2.05) is 39.8 Å². The number of aryl methyl sites for hydroxylation is 1. The van der Waals surface area contributed by atoms with Gasteiger partial charge in [0.1, 0.15) is 12.4 Å². The number of rotatable bonds is 14. The van der Waals surface area contributed by atoms with Crippen LogP contribution < -0.4 is 32.2 Å². The van der Waals surface area contributed by atoms with Crippen LogP contribution in [0.15, 0.2) is 24.3 Å². The van der Waals surface area contributed by atoms with Gasteiger partial charge in [-0.15, -0.1) is 0 Å². The van der Waals surface area contributed by atoms with Crippen LogP contribution in [-0.4, -0.2) is 96.5 Å². The number of nitrogens with zero attached hydrogens (tertiary/aromatic N) is 3. The van der Waals surface area contributed by atoms with Crippen LogP contribution in [0, 0.1) is 0 Å². The second kappa shape index (κ2) is 15.3. The second-order valence-corrected chi connectivity index (χ2v) is 12.4. The third-order valence-electron chi connectivity index (χ3n) is 7.23. The standard InChI is InChI=1S/C30H45ClN8O6/c1-29(2)42-17-21(44-29)15-39(16-22-18-43-30(3,4)45-22)13-14-41-20-10-8-19(9-11-20)7-5-6-12-35-28(34)38-27(40)23-25(32)37-26(33)24(31)36-23/h8-11,21-22H,5-7,12-18H2,1-4H3,(H4,32,33,37)(H3,34,35,38,40)/p+1. The third kappa shape index (κ3) is 10.9. The Balaban J connectivity index is 1.16. The average molecular weight is 650 g/mol. The number of nitrogens with two attached hydrogens (primary N) is 3. The van der Waals surface area contributed by atoms with Crippen LogP contribution >= 0.6 is 11.6 Å². The van der Waals surface area contributed by atoms with E-state index in [-0.39, 0.29) is 40.7 Å². The summed E-state index contributed by atoms with van der Waals surface area (Å²) >= 11 is 5.83. The number of ether oxygens (including phenoxy) is 5. The molecular formula is C30H46ClN8O6+. The SMILES string of the molecule is CC1(C)OCC(CN(CCOc2ccc(CCCC[NH+]=C(N)NC(=O)c3nc(Cl)c(N)nc3N)cc2)CC2COC(C)(C)O2)O1. The number of halogens is 1. The quantitative estimate of drug-likeness (QED) is 0.108. The molecule has 1 aromatic carbocycles. The fourth-order valence-corrected chi connectivity index (χ4v) is 5.22. The summed E-state index contributed by atoms with van der Waals surface area (Å²) in [6, 6.07) is 8.12. The minimum Gasteiger partial charge on any atom is -0.492 e. The van der Waals surface area contributed by atoms with Crippen LogP contribution in [0.5, 0.6) is 5.75 Å². The molecule has 2 aliphatic rings. The summed E-state index contributed by atoms with van der Waals surface area (Å²) < 4.78 is 29.7. The van der Waals surface area contributed by atoms with Crippen molar-refractivity contribution in [2.45, 2.75) is 70.7 Å². The molecule has 0 aliphatic carbocycles. The van der Waals surface area contributed by atoms with Crippen molar-refractivity contribution in [3.05, 3.63) is 40.7 Å². The van der Waals surface area contributed by atoms with Gasteiger partial charge in [-0.2, -0.15) is 0 Å². The number of carbonyl (C=O) groups is 1. The van der Waals surface area contributed by atoms with Crippen LogP contribution in [0.25, 0.3) is 0 Å². The topological polar surface area (TPSA) is 196 Å². The second-order valence-electron chi connectivity index (χ2n) is 12.0. The maximum Gasteiger partial charge on any atom is 0.348 e. The molecule has 3 heterocycles. The van der Waals surface area contributed by atoms with Gasteiger partial charge in [-0.05, 0) is 64.7 Å². The van der Waals surface area contributed by atoms with Gasteiger partial charge in [0, 0.05) is 19.6 Å². The van der Waals surface area contributed by atoms with E-state index in [4.69, 9.17) is 52.5 Å². The molecule has 14 nitrogen and oxygen atoms in total. The Morgan fingerprint density at radius 2 is 1.64 bits per heavy atom. The van der Waals surface area contributed by atoms with Gasteiger partial charge in [0.05, 0.1) is 32.0 Å². The number of hydrogen-bond donors (Lipinski definition) is 5. The lowest BCUT2D eigenvalue weighted by Crippen LogP contribution is -2.79. The van der Waals surface area contributed by atoms with Crippen molar-refractivity contribution in [1.29, 1.82) is 0 Å². The van der Waals surface area contributed by atoms with Gasteiger partial charge in [0.2, 0.25) is 0 Å². The fraction of sp³-hybridized carbons (Fsp3) is 0.600. The molecule has 0 saturated carbocycles. The first-order chi connectivity index (χ1) is 21.3. The van der Waals surface area contributed by atoms with E-state index >= 15 is 0 Å². The zero-order chi connectivity index (χ0) is 32.6. The van der Waals surface area contributed by atoms with Gasteiger partial charge >= 0.3 is 11.9 Å². The highest BCUT2D eigenvalue weighted by Crippen LogP contribution is 2.25. The number of anilines is 2. The highest BCUT2D eigenvalue weighted by Gasteiger charge is 2.36. The van der Waals surface area contributed by atoms with Gasteiger partial charge in [0.25, 0.3) is 0 Å². The Morgan fingerprint density at radius 3 is 2.22 bits per heavy atom. The third-order valence-corrected chi connectivity index (χ3v) is 7.51. The van der Waals surface area contributed by atoms with Gasteiger partial charge in [-0.25, -0.2) is 20.1 Å². The van der Waals surface area contributed by atoms with Crippen molar-refractivity contribution in [3.8, 4) is 5.75 Å². The van der Waals surface area contributed by atoms with Crippen molar-refractivity contribution in [3.63, 3.8) is 0 Å². The predicted molar refractivity (Wildman–Crippen MR) is 169 cm³/mol. The number of nitrogen functional groups attached to an aromatic ring is 2. The Hall–Kier alpha value is -3.27. The molecule has 8 N–H and O–H groups in total. The number of benzene rings is 1. The first-order valence-corrected chi connectivity index (χ1v) is 15.5. The number of carbonyl (C=O) groups excluding carboxylic acids is 1. The van der Waals surface area contributed by atoms with Crippen molar-refractivity contribution < 1.29 is 33.5 Å². The lowest BCUT2D eigenvalue weighted by atomic mass is 10.1. The van der Waals surface area contributed by atoms with Crippen LogP contribution in [0.3, 0.4) is 0 Å². The maximum atomic E-state index is 12.4. The molecule has 2 aromatic rings. The zero-order valence-electron chi connectivity index (χ0n) is 26.4. The fourth-order valence-electron chi connectivity index (χ4n) is 5.10. The minimum absolute atomic E-state index is 0.0127. The van der Waals surface area contributed by atoms with Crippen LogP contribution in [0.1, 0.15) is 56.6 Å². The maximum absolute atomic E-state index is 12.4. The van der Waals surface area contributed by atoms with Crippen molar-refractivity contribution in [2.24, 2.45) is 5.73 Å². The molecule has 248 valence electrons. The number of amides is 1. The molecule has 2 saturated heterocycles. The molecule has 2 atom stereocenters. The van der Waals surface area contributed by atoms with Crippen molar-refractivity contribution in [2.75, 3.05) is 57.5 Å². The van der Waals surface area contributed by atoms with E-state index in [0.717, 1.165) is 38.1 Å². The van der Waals surface area contributed by atoms with E-state index in [2.05, 4.69) is 37.3 Å². The Kier molecular flexibility index (Phi) is 11.8. The Bertz CT molecular complexity index is 1300. The summed E-state index contributed by atoms with van der Waals surface area (Å²) in [5.74, 6) is -1.06. The number of guanidine groups is 1. The highest BCUT2D eigenvalue weighted by atomic mass is 35.5. The van der Waals surface area contributed by atoms with Gasteiger partial charge < -0.3 is 35.2 Å². The first kappa shape index (κ1) is 34.6. The van der Waals surface area contributed by atoms with Crippen LogP contribution in [0.2, 0.25) is 5.15 Å². The highest BCUT2D eigenvalue weighted by molar-refractivity contribution is 6.31. The molecule has 0 radical (unpaired) electrons. The molecule has 1 amide bonds. The molecule has 45 heavy (non-hydrogen) atoms. The molecule has 2 unspecified atom stereocenters. The van der Waals surface area contributed by atoms with Crippen LogP contribution in [-0.2, 0) is 25.4 Å². The summed E-state index contributed by atoms with van der Waals surface area (Å²) in [5, 5.41) is 2.38. The minimum atomic E-state index is -0.634. The largest absolute Gasteiger partial charge is 0.492 e. The molecule has 2 fully saturated rings. The normalized spacial score (nSPS) is 20.9.